The van der Waals surface area contributed by atoms with E-state index in [9.17, 15) is 0 Å². The van der Waals surface area contributed by atoms with Gasteiger partial charge in [-0.3, -0.25) is 0 Å². The van der Waals surface area contributed by atoms with E-state index in [1.807, 2.05) is 0 Å². The van der Waals surface area contributed by atoms with Crippen LogP contribution in [0.15, 0.2) is 24.3 Å². The Balaban J connectivity index is 1.94. The molecule has 1 aliphatic rings. The van der Waals surface area contributed by atoms with Crippen LogP contribution in [0.1, 0.15) is 43.4 Å². The van der Waals surface area contributed by atoms with E-state index in [0.717, 1.165) is 6.04 Å². The molecule has 1 aliphatic carbocycles. The van der Waals surface area contributed by atoms with Crippen LogP contribution in [-0.2, 0) is 0 Å². The van der Waals surface area contributed by atoms with Crippen LogP contribution in [0.5, 0.6) is 0 Å². The van der Waals surface area contributed by atoms with Crippen LogP contribution in [-0.4, -0.2) is 31.1 Å². The van der Waals surface area contributed by atoms with Gasteiger partial charge in [0.05, 0.1) is 0 Å². The molecule has 1 aromatic rings. The number of rotatable bonds is 7. The second kappa shape index (κ2) is 6.35. The Kier molecular flexibility index (Phi) is 4.79. The summed E-state index contributed by atoms with van der Waals surface area (Å²) < 4.78 is 0. The topological polar surface area (TPSA) is 15.3 Å². The lowest BCUT2D eigenvalue weighted by Crippen LogP contribution is -2.30. The molecule has 0 aromatic heterocycles. The first kappa shape index (κ1) is 13.6. The van der Waals surface area contributed by atoms with Crippen LogP contribution in [0, 0.1) is 6.92 Å². The summed E-state index contributed by atoms with van der Waals surface area (Å²) in [5, 5.41) is 3.47. The summed E-state index contributed by atoms with van der Waals surface area (Å²) in [6.07, 6.45) is 4.01. The largest absolute Gasteiger partial charge is 0.313 e. The molecular weight excluding hydrogens is 220 g/mol. The average Bonchev–Trinajstić information content (AvgIpc) is 3.21. The van der Waals surface area contributed by atoms with E-state index in [1.54, 1.807) is 0 Å². The van der Waals surface area contributed by atoms with E-state index in [0.29, 0.717) is 6.04 Å². The quantitative estimate of drug-likeness (QED) is 0.795. The molecule has 0 bridgehead atoms. The van der Waals surface area contributed by atoms with Crippen molar-refractivity contribution in [2.45, 2.75) is 45.2 Å². The van der Waals surface area contributed by atoms with Crippen LogP contribution >= 0.6 is 0 Å². The highest BCUT2D eigenvalue weighted by Crippen LogP contribution is 2.28. The molecule has 1 saturated carbocycles. The van der Waals surface area contributed by atoms with Gasteiger partial charge in [-0.05, 0) is 50.9 Å². The first-order valence-electron chi connectivity index (χ1n) is 7.23. The van der Waals surface area contributed by atoms with Crippen LogP contribution in [0.25, 0.3) is 0 Å². The van der Waals surface area contributed by atoms with E-state index in [2.05, 4.69) is 55.4 Å². The van der Waals surface area contributed by atoms with Crippen LogP contribution in [0.4, 0.5) is 0 Å². The number of benzene rings is 1. The van der Waals surface area contributed by atoms with Gasteiger partial charge in [-0.1, -0.05) is 31.2 Å². The normalized spacial score (nSPS) is 17.1. The first-order chi connectivity index (χ1) is 8.76. The van der Waals surface area contributed by atoms with Gasteiger partial charge in [0, 0.05) is 18.6 Å². The lowest BCUT2D eigenvalue weighted by atomic mass is 9.99. The Bertz CT molecular complexity index is 371. The fraction of sp³-hybridized carbons (Fsp3) is 0.625. The molecule has 2 nitrogen and oxygen atoms in total. The minimum absolute atomic E-state index is 0.485. The minimum Gasteiger partial charge on any atom is -0.313 e. The van der Waals surface area contributed by atoms with Gasteiger partial charge < -0.3 is 10.2 Å². The molecule has 0 heterocycles. The van der Waals surface area contributed by atoms with Gasteiger partial charge in [0.2, 0.25) is 0 Å². The molecule has 0 amide bonds. The molecule has 18 heavy (non-hydrogen) atoms. The van der Waals surface area contributed by atoms with Crippen molar-refractivity contribution >= 4 is 0 Å². The molecule has 1 unspecified atom stereocenters. The van der Waals surface area contributed by atoms with E-state index in [-0.39, 0.29) is 0 Å². The highest BCUT2D eigenvalue weighted by Gasteiger charge is 2.27. The third-order valence-corrected chi connectivity index (χ3v) is 4.09. The van der Waals surface area contributed by atoms with Gasteiger partial charge in [-0.15, -0.1) is 0 Å². The molecule has 100 valence electrons. The second-order valence-corrected chi connectivity index (χ2v) is 5.35. The number of hydrogen-bond donors (Lipinski definition) is 1. The van der Waals surface area contributed by atoms with Gasteiger partial charge >= 0.3 is 0 Å². The summed E-state index contributed by atoms with van der Waals surface area (Å²) in [6.45, 7) is 6.88. The van der Waals surface area contributed by atoms with E-state index in [1.165, 1.54) is 43.5 Å². The number of nitrogens with one attached hydrogen (secondary N) is 1. The molecule has 0 spiro atoms. The Labute approximate surface area is 111 Å². The Morgan fingerprint density at radius 2 is 2.06 bits per heavy atom. The Hall–Kier alpha value is -0.860. The smallest absolute Gasteiger partial charge is 0.0332 e. The molecule has 1 aromatic carbocycles. The van der Waals surface area contributed by atoms with Crippen molar-refractivity contribution in [2.75, 3.05) is 20.1 Å². The Morgan fingerprint density at radius 1 is 1.33 bits per heavy atom. The average molecular weight is 246 g/mol. The number of hydrogen-bond acceptors (Lipinski definition) is 2. The lowest BCUT2D eigenvalue weighted by molar-refractivity contribution is 0.261. The summed E-state index contributed by atoms with van der Waals surface area (Å²) in [5.41, 5.74) is 2.85. The molecule has 0 aliphatic heterocycles. The van der Waals surface area contributed by atoms with E-state index < -0.39 is 0 Å². The molecular formula is C16H26N2. The lowest BCUT2D eigenvalue weighted by Gasteiger charge is -2.24. The summed E-state index contributed by atoms with van der Waals surface area (Å²) in [4.78, 5) is 2.63. The minimum atomic E-state index is 0.485. The summed E-state index contributed by atoms with van der Waals surface area (Å²) in [7, 11) is 2.07. The third kappa shape index (κ3) is 3.33. The van der Waals surface area contributed by atoms with Crippen molar-refractivity contribution in [2.24, 2.45) is 0 Å². The van der Waals surface area contributed by atoms with Crippen molar-refractivity contribution in [3.63, 3.8) is 0 Å². The molecule has 2 heteroatoms. The zero-order chi connectivity index (χ0) is 13.0. The fourth-order valence-electron chi connectivity index (χ4n) is 2.77. The molecule has 2 rings (SSSR count). The maximum Gasteiger partial charge on any atom is 0.0332 e. The third-order valence-electron chi connectivity index (χ3n) is 4.09. The SMILES string of the molecule is CCN(CCC(NC)c1ccccc1C)C1CC1. The van der Waals surface area contributed by atoms with Gasteiger partial charge in [0.25, 0.3) is 0 Å². The monoisotopic (exact) mass is 246 g/mol. The van der Waals surface area contributed by atoms with Crippen molar-refractivity contribution in [3.05, 3.63) is 35.4 Å². The van der Waals surface area contributed by atoms with Crippen molar-refractivity contribution in [1.82, 2.24) is 10.2 Å². The zero-order valence-corrected chi connectivity index (χ0v) is 11.9. The molecule has 1 fully saturated rings. The van der Waals surface area contributed by atoms with E-state index in [4.69, 9.17) is 0 Å². The van der Waals surface area contributed by atoms with Gasteiger partial charge in [-0.2, -0.15) is 0 Å². The first-order valence-corrected chi connectivity index (χ1v) is 7.23. The van der Waals surface area contributed by atoms with E-state index >= 15 is 0 Å². The maximum atomic E-state index is 3.47. The summed E-state index contributed by atoms with van der Waals surface area (Å²) >= 11 is 0. The van der Waals surface area contributed by atoms with Crippen molar-refractivity contribution < 1.29 is 0 Å². The molecule has 1 atom stereocenters. The molecule has 0 radical (unpaired) electrons. The van der Waals surface area contributed by atoms with Crippen LogP contribution in [0.3, 0.4) is 0 Å². The molecule has 1 N–H and O–H groups in total. The predicted molar refractivity (Wildman–Crippen MR) is 77.9 cm³/mol. The van der Waals surface area contributed by atoms with Crippen LogP contribution in [0.2, 0.25) is 0 Å². The van der Waals surface area contributed by atoms with Gasteiger partial charge in [0.1, 0.15) is 0 Å². The Morgan fingerprint density at radius 3 is 2.61 bits per heavy atom. The molecule has 0 saturated heterocycles. The number of nitrogens with zero attached hydrogens (tertiary/aromatic N) is 1. The number of aryl methyl sites for hydroxylation is 1. The zero-order valence-electron chi connectivity index (χ0n) is 11.9. The summed E-state index contributed by atoms with van der Waals surface area (Å²) in [6, 6.07) is 10.1. The highest BCUT2D eigenvalue weighted by atomic mass is 15.2. The van der Waals surface area contributed by atoms with Gasteiger partial charge in [0.15, 0.2) is 0 Å². The highest BCUT2D eigenvalue weighted by molar-refractivity contribution is 5.28. The van der Waals surface area contributed by atoms with Crippen LogP contribution < -0.4 is 5.32 Å². The predicted octanol–water partition coefficient (Wildman–Crippen LogP) is 3.13. The standard InChI is InChI=1S/C16H26N2/c1-4-18(14-9-10-14)12-11-16(17-3)15-8-6-5-7-13(15)2/h5-8,14,16-17H,4,9-12H2,1-3H3. The maximum absolute atomic E-state index is 3.47. The van der Waals surface area contributed by atoms with Gasteiger partial charge in [-0.25, -0.2) is 0 Å². The fourth-order valence-corrected chi connectivity index (χ4v) is 2.77. The van der Waals surface area contributed by atoms with Crippen molar-refractivity contribution in [1.29, 1.82) is 0 Å². The second-order valence-electron chi connectivity index (χ2n) is 5.35. The van der Waals surface area contributed by atoms with Crippen molar-refractivity contribution in [3.8, 4) is 0 Å². The summed E-state index contributed by atoms with van der Waals surface area (Å²) in [5.74, 6) is 0.